The van der Waals surface area contributed by atoms with E-state index in [-0.39, 0.29) is 20.9 Å². The summed E-state index contributed by atoms with van der Waals surface area (Å²) >= 11 is 5.31. The first kappa shape index (κ1) is 13.9. The molecular formula is C13H11BrO2SSe. The SMILES string of the molecule is CCOC(=O)/C=C1/SC(c2ccc(Br)cc2)=C[Se]1. The van der Waals surface area contributed by atoms with Crippen LogP contribution < -0.4 is 0 Å². The molecule has 1 aromatic rings. The number of halogens is 1. The first-order valence-electron chi connectivity index (χ1n) is 5.38. The van der Waals surface area contributed by atoms with Gasteiger partial charge in [0.05, 0.1) is 0 Å². The third kappa shape index (κ3) is 3.75. The van der Waals surface area contributed by atoms with Gasteiger partial charge in [-0.3, -0.25) is 0 Å². The summed E-state index contributed by atoms with van der Waals surface area (Å²) in [5.74, 6) is -0.243. The second kappa shape index (κ2) is 6.62. The van der Waals surface area contributed by atoms with Crippen LogP contribution in [0.5, 0.6) is 0 Å². The Morgan fingerprint density at radius 1 is 1.44 bits per heavy atom. The normalized spacial score (nSPS) is 16.8. The van der Waals surface area contributed by atoms with E-state index in [0.717, 1.165) is 8.28 Å². The van der Waals surface area contributed by atoms with Gasteiger partial charge in [-0.1, -0.05) is 0 Å². The van der Waals surface area contributed by atoms with E-state index in [1.54, 1.807) is 17.8 Å². The van der Waals surface area contributed by atoms with Gasteiger partial charge >= 0.3 is 126 Å². The molecule has 1 heterocycles. The van der Waals surface area contributed by atoms with Crippen molar-refractivity contribution >= 4 is 53.5 Å². The Kier molecular flexibility index (Phi) is 5.13. The van der Waals surface area contributed by atoms with Crippen LogP contribution in [0.2, 0.25) is 0 Å². The maximum atomic E-state index is 11.4. The molecule has 0 amide bonds. The Labute approximate surface area is 125 Å². The van der Waals surface area contributed by atoms with Crippen LogP contribution in [-0.4, -0.2) is 27.5 Å². The monoisotopic (exact) mass is 390 g/mol. The number of hydrogen-bond acceptors (Lipinski definition) is 3. The number of thioether (sulfide) groups is 1. The number of ether oxygens (including phenoxy) is 1. The summed E-state index contributed by atoms with van der Waals surface area (Å²) in [5, 5.41) is 0. The predicted molar refractivity (Wildman–Crippen MR) is 80.2 cm³/mol. The van der Waals surface area contributed by atoms with Gasteiger partial charge in [-0.25, -0.2) is 0 Å². The average Bonchev–Trinajstić information content (AvgIpc) is 2.78. The zero-order chi connectivity index (χ0) is 13.0. The van der Waals surface area contributed by atoms with Gasteiger partial charge in [0.1, 0.15) is 0 Å². The Morgan fingerprint density at radius 2 is 2.17 bits per heavy atom. The van der Waals surface area contributed by atoms with Crippen LogP contribution >= 0.6 is 27.7 Å². The van der Waals surface area contributed by atoms with Crippen molar-refractivity contribution < 1.29 is 9.53 Å². The van der Waals surface area contributed by atoms with Gasteiger partial charge < -0.3 is 0 Å². The van der Waals surface area contributed by atoms with E-state index in [1.807, 2.05) is 19.1 Å². The number of esters is 1. The average molecular weight is 390 g/mol. The summed E-state index contributed by atoms with van der Waals surface area (Å²) in [6.45, 7) is 2.24. The Balaban J connectivity index is 2.03. The standard InChI is InChI=1S/C13H11BrO2SSe/c1-2-16-12(15)7-13-17-11(8-18-13)9-3-5-10(14)6-4-9/h3-8H,2H2,1H3/b13-7-. The minimum atomic E-state index is -0.243. The van der Waals surface area contributed by atoms with E-state index in [0.29, 0.717) is 6.61 Å². The van der Waals surface area contributed by atoms with Crippen molar-refractivity contribution in [3.63, 3.8) is 0 Å². The van der Waals surface area contributed by atoms with Crippen molar-refractivity contribution in [3.05, 3.63) is 49.2 Å². The Bertz CT molecular complexity index is 508. The van der Waals surface area contributed by atoms with Crippen LogP contribution in [0.15, 0.2) is 43.6 Å². The van der Waals surface area contributed by atoms with Gasteiger partial charge in [-0.15, -0.1) is 0 Å². The molecule has 0 N–H and O–H groups in total. The fourth-order valence-corrected chi connectivity index (χ4v) is 5.11. The number of hydrogen-bond donors (Lipinski definition) is 0. The van der Waals surface area contributed by atoms with E-state index in [4.69, 9.17) is 4.74 Å². The molecule has 0 spiro atoms. The van der Waals surface area contributed by atoms with Crippen LogP contribution in [0.25, 0.3) is 4.91 Å². The quantitative estimate of drug-likeness (QED) is 0.448. The Morgan fingerprint density at radius 3 is 2.83 bits per heavy atom. The van der Waals surface area contributed by atoms with Gasteiger partial charge in [0, 0.05) is 0 Å². The van der Waals surface area contributed by atoms with Gasteiger partial charge in [0.15, 0.2) is 0 Å². The van der Waals surface area contributed by atoms with Crippen molar-refractivity contribution in [1.82, 2.24) is 0 Å². The summed E-state index contributed by atoms with van der Waals surface area (Å²) in [4.78, 5) is 14.8. The van der Waals surface area contributed by atoms with E-state index < -0.39 is 0 Å². The molecule has 0 aromatic heterocycles. The topological polar surface area (TPSA) is 26.3 Å². The molecule has 0 unspecified atom stereocenters. The van der Waals surface area contributed by atoms with Crippen molar-refractivity contribution in [3.8, 4) is 0 Å². The van der Waals surface area contributed by atoms with Crippen LogP contribution in [0, 0.1) is 0 Å². The predicted octanol–water partition coefficient (Wildman–Crippen LogP) is 3.60. The van der Waals surface area contributed by atoms with Gasteiger partial charge in [0.25, 0.3) is 0 Å². The number of carbonyl (C=O) groups excluding carboxylic acids is 1. The molecule has 1 aromatic carbocycles. The van der Waals surface area contributed by atoms with Crippen molar-refractivity contribution in [2.75, 3.05) is 6.61 Å². The fraction of sp³-hybridized carbons (Fsp3) is 0.154. The third-order valence-corrected chi connectivity index (χ3v) is 6.40. The van der Waals surface area contributed by atoms with Crippen molar-refractivity contribution in [1.29, 1.82) is 0 Å². The van der Waals surface area contributed by atoms with Crippen molar-refractivity contribution in [2.45, 2.75) is 6.92 Å². The molecule has 0 saturated carbocycles. The molecule has 2 rings (SSSR count). The van der Waals surface area contributed by atoms with Crippen LogP contribution in [0.1, 0.15) is 12.5 Å². The second-order valence-electron chi connectivity index (χ2n) is 3.42. The molecule has 5 heteroatoms. The van der Waals surface area contributed by atoms with Gasteiger partial charge in [-0.05, 0) is 0 Å². The molecule has 0 radical (unpaired) electrons. The molecule has 0 saturated heterocycles. The summed E-state index contributed by atoms with van der Waals surface area (Å²) in [7, 11) is 0. The summed E-state index contributed by atoms with van der Waals surface area (Å²) < 4.78 is 7.08. The van der Waals surface area contributed by atoms with Crippen LogP contribution in [-0.2, 0) is 9.53 Å². The zero-order valence-corrected chi connectivity index (χ0v) is 13.8. The van der Waals surface area contributed by atoms with E-state index >= 15 is 0 Å². The van der Waals surface area contributed by atoms with E-state index in [9.17, 15) is 4.79 Å². The van der Waals surface area contributed by atoms with Crippen LogP contribution in [0.3, 0.4) is 0 Å². The molecular weight excluding hydrogens is 379 g/mol. The molecule has 94 valence electrons. The first-order chi connectivity index (χ1) is 8.69. The molecule has 18 heavy (non-hydrogen) atoms. The van der Waals surface area contributed by atoms with Crippen LogP contribution in [0.4, 0.5) is 0 Å². The third-order valence-electron chi connectivity index (χ3n) is 2.14. The zero-order valence-electron chi connectivity index (χ0n) is 9.68. The first-order valence-corrected chi connectivity index (χ1v) is 8.83. The molecule has 2 nitrogen and oxygen atoms in total. The summed E-state index contributed by atoms with van der Waals surface area (Å²) in [5.41, 5.74) is 1.19. The molecule has 0 aliphatic carbocycles. The molecule has 0 bridgehead atoms. The summed E-state index contributed by atoms with van der Waals surface area (Å²) in [6, 6.07) is 8.20. The van der Waals surface area contributed by atoms with Gasteiger partial charge in [0.2, 0.25) is 0 Å². The molecule has 0 fully saturated rings. The van der Waals surface area contributed by atoms with E-state index in [2.05, 4.69) is 33.0 Å². The summed E-state index contributed by atoms with van der Waals surface area (Å²) in [6.07, 6.45) is 1.61. The Hall–Kier alpha value is -0.481. The number of rotatable bonds is 3. The second-order valence-corrected chi connectivity index (χ2v) is 7.92. The maximum absolute atomic E-state index is 11.4. The molecule has 1 aliphatic heterocycles. The van der Waals surface area contributed by atoms with Gasteiger partial charge in [-0.2, -0.15) is 0 Å². The number of benzene rings is 1. The molecule has 1 aliphatic rings. The van der Waals surface area contributed by atoms with Crippen molar-refractivity contribution in [2.24, 2.45) is 0 Å². The van der Waals surface area contributed by atoms with E-state index in [1.165, 1.54) is 10.5 Å². The number of carbonyl (C=O) groups is 1. The molecule has 0 atom stereocenters. The fourth-order valence-electron chi connectivity index (χ4n) is 1.35. The minimum absolute atomic E-state index is 0.236.